The second-order valence-electron chi connectivity index (χ2n) is 5.90. The Balaban J connectivity index is 1.64. The number of aryl methyl sites for hydroxylation is 1. The predicted octanol–water partition coefficient (Wildman–Crippen LogP) is 4.85. The average molecular weight is 361 g/mol. The Labute approximate surface area is 147 Å². The molecule has 0 aromatic carbocycles. The summed E-state index contributed by atoms with van der Waals surface area (Å²) in [6.07, 6.45) is 5.11. The van der Waals surface area contributed by atoms with E-state index in [1.165, 1.54) is 33.6 Å². The van der Waals surface area contributed by atoms with Gasteiger partial charge in [-0.05, 0) is 42.2 Å². The van der Waals surface area contributed by atoms with Crippen LogP contribution in [0.5, 0.6) is 0 Å². The molecule has 0 bridgehead atoms. The van der Waals surface area contributed by atoms with Crippen LogP contribution in [0.1, 0.15) is 33.5 Å². The van der Waals surface area contributed by atoms with Gasteiger partial charge < -0.3 is 0 Å². The van der Waals surface area contributed by atoms with Gasteiger partial charge in [0.15, 0.2) is 5.78 Å². The van der Waals surface area contributed by atoms with Gasteiger partial charge in [-0.25, -0.2) is 9.97 Å². The van der Waals surface area contributed by atoms with E-state index in [4.69, 9.17) is 0 Å². The van der Waals surface area contributed by atoms with Crippen molar-refractivity contribution in [2.45, 2.75) is 31.2 Å². The molecule has 1 aliphatic rings. The molecule has 23 heavy (non-hydrogen) atoms. The highest BCUT2D eigenvalue weighted by Gasteiger charge is 2.23. The van der Waals surface area contributed by atoms with Gasteiger partial charge >= 0.3 is 0 Å². The SMILES string of the molecule is C[C@@H]1CCc2c(sc3ncnc(SCC(=O)c4cccs4)c23)C1. The third-order valence-corrected chi connectivity index (χ3v) is 7.26. The molecule has 1 atom stereocenters. The fourth-order valence-electron chi connectivity index (χ4n) is 3.00. The van der Waals surface area contributed by atoms with E-state index in [-0.39, 0.29) is 5.78 Å². The van der Waals surface area contributed by atoms with Gasteiger partial charge in [0.2, 0.25) is 0 Å². The zero-order valence-electron chi connectivity index (χ0n) is 12.7. The molecule has 3 aromatic rings. The Morgan fingerprint density at radius 3 is 3.17 bits per heavy atom. The second-order valence-corrected chi connectivity index (χ2v) is 8.90. The average Bonchev–Trinajstić information content (AvgIpc) is 3.19. The first-order chi connectivity index (χ1) is 11.2. The summed E-state index contributed by atoms with van der Waals surface area (Å²) < 4.78 is 0. The van der Waals surface area contributed by atoms with E-state index < -0.39 is 0 Å². The maximum absolute atomic E-state index is 12.2. The van der Waals surface area contributed by atoms with Gasteiger partial charge in [0.25, 0.3) is 0 Å². The summed E-state index contributed by atoms with van der Waals surface area (Å²) in [5, 5.41) is 4.10. The van der Waals surface area contributed by atoms with Crippen LogP contribution in [0.4, 0.5) is 0 Å². The van der Waals surface area contributed by atoms with Crippen LogP contribution >= 0.6 is 34.4 Å². The summed E-state index contributed by atoms with van der Waals surface area (Å²) >= 11 is 4.85. The van der Waals surface area contributed by atoms with Gasteiger partial charge in [-0.3, -0.25) is 4.79 Å². The first-order valence-electron chi connectivity index (χ1n) is 7.67. The molecule has 118 valence electrons. The number of hydrogen-bond donors (Lipinski definition) is 0. The minimum absolute atomic E-state index is 0.175. The van der Waals surface area contributed by atoms with E-state index in [1.54, 1.807) is 29.4 Å². The number of rotatable bonds is 4. The molecule has 1 aliphatic carbocycles. The number of aromatic nitrogens is 2. The number of fused-ring (bicyclic) bond motifs is 3. The van der Waals surface area contributed by atoms with Gasteiger partial charge in [-0.15, -0.1) is 22.7 Å². The molecule has 0 saturated heterocycles. The van der Waals surface area contributed by atoms with Crippen molar-refractivity contribution in [3.8, 4) is 0 Å². The van der Waals surface area contributed by atoms with Crippen molar-refractivity contribution in [2.24, 2.45) is 5.92 Å². The lowest BCUT2D eigenvalue weighted by Crippen LogP contribution is -2.08. The standard InChI is InChI=1S/C17H16N2OS3/c1-10-4-5-11-14(7-10)23-17-15(11)16(18-9-19-17)22-8-12(20)13-3-2-6-21-13/h2-3,6,9-10H,4-5,7-8H2,1H3/t10-/m1/s1. The maximum atomic E-state index is 12.2. The highest BCUT2D eigenvalue weighted by molar-refractivity contribution is 8.00. The lowest BCUT2D eigenvalue weighted by Gasteiger charge is -2.18. The number of ketones is 1. The van der Waals surface area contributed by atoms with Crippen molar-refractivity contribution in [1.82, 2.24) is 9.97 Å². The van der Waals surface area contributed by atoms with Crippen LogP contribution < -0.4 is 0 Å². The molecule has 0 fully saturated rings. The Hall–Kier alpha value is -1.24. The van der Waals surface area contributed by atoms with E-state index in [1.807, 2.05) is 17.5 Å². The van der Waals surface area contributed by atoms with Gasteiger partial charge in [0.05, 0.1) is 10.6 Å². The molecule has 4 rings (SSSR count). The van der Waals surface area contributed by atoms with Gasteiger partial charge in [-0.2, -0.15) is 0 Å². The molecule has 0 unspecified atom stereocenters. The van der Waals surface area contributed by atoms with E-state index in [9.17, 15) is 4.79 Å². The van der Waals surface area contributed by atoms with Crippen molar-refractivity contribution in [2.75, 3.05) is 5.75 Å². The van der Waals surface area contributed by atoms with Crippen LogP contribution in [0.15, 0.2) is 28.9 Å². The lowest BCUT2D eigenvalue weighted by molar-refractivity contribution is 0.102. The molecular formula is C17H16N2OS3. The Bertz CT molecular complexity index is 854. The van der Waals surface area contributed by atoms with Crippen LogP contribution in [-0.4, -0.2) is 21.5 Å². The van der Waals surface area contributed by atoms with E-state index in [0.29, 0.717) is 5.75 Å². The van der Waals surface area contributed by atoms with Crippen molar-refractivity contribution < 1.29 is 4.79 Å². The zero-order valence-corrected chi connectivity index (χ0v) is 15.2. The molecule has 0 spiro atoms. The minimum atomic E-state index is 0.175. The third-order valence-electron chi connectivity index (χ3n) is 4.19. The fraction of sp³-hybridized carbons (Fsp3) is 0.353. The van der Waals surface area contributed by atoms with E-state index in [0.717, 1.165) is 33.5 Å². The van der Waals surface area contributed by atoms with Crippen molar-refractivity contribution in [3.63, 3.8) is 0 Å². The Morgan fingerprint density at radius 2 is 2.35 bits per heavy atom. The topological polar surface area (TPSA) is 42.9 Å². The smallest absolute Gasteiger partial charge is 0.183 e. The van der Waals surface area contributed by atoms with Crippen LogP contribution in [-0.2, 0) is 12.8 Å². The number of carbonyl (C=O) groups excluding carboxylic acids is 1. The first-order valence-corrected chi connectivity index (χ1v) is 10.4. The quantitative estimate of drug-likeness (QED) is 0.379. The van der Waals surface area contributed by atoms with Gasteiger partial charge in [0.1, 0.15) is 16.2 Å². The number of carbonyl (C=O) groups is 1. The van der Waals surface area contributed by atoms with E-state index in [2.05, 4.69) is 16.9 Å². The fourth-order valence-corrected chi connectivity index (χ4v) is 6.08. The molecule has 0 aliphatic heterocycles. The number of hydrogen-bond acceptors (Lipinski definition) is 6. The summed E-state index contributed by atoms with van der Waals surface area (Å²) in [5.41, 5.74) is 1.43. The monoisotopic (exact) mass is 360 g/mol. The summed E-state index contributed by atoms with van der Waals surface area (Å²) in [5.74, 6) is 1.36. The lowest BCUT2D eigenvalue weighted by atomic mass is 9.89. The predicted molar refractivity (Wildman–Crippen MR) is 98.0 cm³/mol. The molecule has 3 aromatic heterocycles. The van der Waals surface area contributed by atoms with Gasteiger partial charge in [-0.1, -0.05) is 24.8 Å². The summed E-state index contributed by atoms with van der Waals surface area (Å²) in [7, 11) is 0. The normalized spacial score (nSPS) is 17.3. The third kappa shape index (κ3) is 2.95. The molecule has 0 amide bonds. The van der Waals surface area contributed by atoms with Crippen molar-refractivity contribution >= 4 is 50.4 Å². The number of thioether (sulfide) groups is 1. The summed E-state index contributed by atoms with van der Waals surface area (Å²) in [4.78, 5) is 24.5. The van der Waals surface area contributed by atoms with Crippen LogP contribution in [0.3, 0.4) is 0 Å². The number of nitrogens with zero attached hydrogens (tertiary/aromatic N) is 2. The summed E-state index contributed by atoms with van der Waals surface area (Å²) in [6, 6.07) is 3.80. The van der Waals surface area contributed by atoms with E-state index >= 15 is 0 Å². The van der Waals surface area contributed by atoms with Crippen LogP contribution in [0.25, 0.3) is 10.2 Å². The molecule has 6 heteroatoms. The number of Topliss-reactive ketones (excluding diaryl/α,β-unsaturated/α-hetero) is 1. The maximum Gasteiger partial charge on any atom is 0.183 e. The second kappa shape index (κ2) is 6.34. The largest absolute Gasteiger partial charge is 0.292 e. The molecule has 0 saturated carbocycles. The molecule has 3 nitrogen and oxygen atoms in total. The molecule has 0 N–H and O–H groups in total. The van der Waals surface area contributed by atoms with Gasteiger partial charge in [0, 0.05) is 10.3 Å². The minimum Gasteiger partial charge on any atom is -0.292 e. The Morgan fingerprint density at radius 1 is 1.43 bits per heavy atom. The van der Waals surface area contributed by atoms with Crippen LogP contribution in [0.2, 0.25) is 0 Å². The molecule has 0 radical (unpaired) electrons. The zero-order chi connectivity index (χ0) is 15.8. The van der Waals surface area contributed by atoms with Crippen molar-refractivity contribution in [1.29, 1.82) is 0 Å². The highest BCUT2D eigenvalue weighted by Crippen LogP contribution is 2.40. The Kier molecular flexibility index (Phi) is 4.22. The van der Waals surface area contributed by atoms with Crippen molar-refractivity contribution in [3.05, 3.63) is 39.2 Å². The highest BCUT2D eigenvalue weighted by atomic mass is 32.2. The molecular weight excluding hydrogens is 344 g/mol. The summed E-state index contributed by atoms with van der Waals surface area (Å²) in [6.45, 7) is 2.31. The first kappa shape index (κ1) is 15.3. The molecule has 3 heterocycles. The number of thiophene rings is 2. The van der Waals surface area contributed by atoms with Crippen LogP contribution in [0, 0.1) is 5.92 Å².